The molecule has 2 nitrogen and oxygen atoms in total. The molecule has 1 saturated carbocycles. The summed E-state index contributed by atoms with van der Waals surface area (Å²) < 4.78 is 6.26. The first-order valence-corrected chi connectivity index (χ1v) is 11.6. The van der Waals surface area contributed by atoms with E-state index in [9.17, 15) is 5.11 Å². The highest BCUT2D eigenvalue weighted by Crippen LogP contribution is 2.38. The zero-order valence-corrected chi connectivity index (χ0v) is 16.5. The lowest BCUT2D eigenvalue weighted by molar-refractivity contribution is 0.0451. The van der Waals surface area contributed by atoms with E-state index in [-0.39, 0.29) is 11.1 Å². The molecule has 1 N–H and O–H groups in total. The van der Waals surface area contributed by atoms with E-state index in [0.717, 1.165) is 19.3 Å². The summed E-state index contributed by atoms with van der Waals surface area (Å²) in [5.74, 6) is 0.806. The Labute approximate surface area is 138 Å². The van der Waals surface area contributed by atoms with Crippen LogP contribution in [0.4, 0.5) is 0 Å². The average molecular weight is 325 g/mol. The van der Waals surface area contributed by atoms with Crippen molar-refractivity contribution in [2.45, 2.75) is 77.6 Å². The SMILES string of the molecule is C=CC[C@@H]1[C@H](O)CCC[C@H]1/C(C)=C/CO[Si](C)(C)C(C)(C)C. The molecule has 0 saturated heterocycles. The van der Waals surface area contributed by atoms with Gasteiger partial charge in [-0.25, -0.2) is 0 Å². The van der Waals surface area contributed by atoms with Crippen LogP contribution in [0.25, 0.3) is 0 Å². The maximum absolute atomic E-state index is 10.3. The Morgan fingerprint density at radius 2 is 1.95 bits per heavy atom. The van der Waals surface area contributed by atoms with Gasteiger partial charge in [0.05, 0.1) is 12.7 Å². The third-order valence-corrected chi connectivity index (χ3v) is 10.2. The molecule has 22 heavy (non-hydrogen) atoms. The number of hydrogen-bond donors (Lipinski definition) is 1. The van der Waals surface area contributed by atoms with Gasteiger partial charge in [-0.15, -0.1) is 6.58 Å². The monoisotopic (exact) mass is 324 g/mol. The van der Waals surface area contributed by atoms with E-state index in [1.807, 2.05) is 6.08 Å². The largest absolute Gasteiger partial charge is 0.413 e. The van der Waals surface area contributed by atoms with E-state index in [4.69, 9.17) is 4.43 Å². The molecule has 1 fully saturated rings. The van der Waals surface area contributed by atoms with Crippen LogP contribution in [0.15, 0.2) is 24.3 Å². The van der Waals surface area contributed by atoms with Crippen molar-refractivity contribution >= 4 is 8.32 Å². The molecule has 0 bridgehead atoms. The number of rotatable bonds is 6. The minimum atomic E-state index is -1.68. The topological polar surface area (TPSA) is 29.5 Å². The van der Waals surface area contributed by atoms with Gasteiger partial charge < -0.3 is 9.53 Å². The summed E-state index contributed by atoms with van der Waals surface area (Å²) in [7, 11) is -1.68. The van der Waals surface area contributed by atoms with Crippen molar-refractivity contribution in [2.24, 2.45) is 11.8 Å². The highest BCUT2D eigenvalue weighted by atomic mass is 28.4. The second kappa shape index (κ2) is 7.94. The molecule has 3 atom stereocenters. The van der Waals surface area contributed by atoms with Crippen LogP contribution in [0.1, 0.15) is 53.4 Å². The third kappa shape index (κ3) is 5.07. The Morgan fingerprint density at radius 1 is 1.32 bits per heavy atom. The minimum absolute atomic E-state index is 0.179. The Kier molecular flexibility index (Phi) is 7.09. The summed E-state index contributed by atoms with van der Waals surface area (Å²) >= 11 is 0. The smallest absolute Gasteiger partial charge is 0.192 e. The van der Waals surface area contributed by atoms with Crippen molar-refractivity contribution < 1.29 is 9.53 Å². The van der Waals surface area contributed by atoms with Gasteiger partial charge in [-0.05, 0) is 56.2 Å². The minimum Gasteiger partial charge on any atom is -0.413 e. The standard InChI is InChI=1S/C19H36O2Si/c1-8-10-17-16(11-9-12-18(17)20)15(2)13-14-21-22(6,7)19(3,4)5/h8,13,16-18,20H,1,9-12,14H2,2-7H3/b15-13+/t16-,17-,18+/m0/s1. The van der Waals surface area contributed by atoms with Gasteiger partial charge in [-0.2, -0.15) is 0 Å². The normalized spacial score (nSPS) is 27.8. The van der Waals surface area contributed by atoms with Crippen LogP contribution in [0.5, 0.6) is 0 Å². The van der Waals surface area contributed by atoms with Crippen molar-refractivity contribution in [3.05, 3.63) is 24.3 Å². The lowest BCUT2D eigenvalue weighted by atomic mass is 9.72. The van der Waals surface area contributed by atoms with Crippen LogP contribution in [0.2, 0.25) is 18.1 Å². The van der Waals surface area contributed by atoms with Crippen LogP contribution in [0, 0.1) is 11.8 Å². The van der Waals surface area contributed by atoms with E-state index in [1.165, 1.54) is 12.0 Å². The van der Waals surface area contributed by atoms with Crippen LogP contribution >= 0.6 is 0 Å². The van der Waals surface area contributed by atoms with Gasteiger partial charge >= 0.3 is 0 Å². The van der Waals surface area contributed by atoms with Crippen molar-refractivity contribution in [3.63, 3.8) is 0 Å². The molecule has 0 spiro atoms. The fourth-order valence-electron chi connectivity index (χ4n) is 3.07. The van der Waals surface area contributed by atoms with Gasteiger partial charge in [0.15, 0.2) is 8.32 Å². The predicted octanol–water partition coefficient (Wildman–Crippen LogP) is 5.31. The number of aliphatic hydroxyl groups excluding tert-OH is 1. The predicted molar refractivity (Wildman–Crippen MR) is 98.6 cm³/mol. The van der Waals surface area contributed by atoms with E-state index in [0.29, 0.717) is 18.4 Å². The molecule has 0 aromatic rings. The van der Waals surface area contributed by atoms with Gasteiger partial charge in [-0.1, -0.05) is 44.9 Å². The molecule has 0 aromatic carbocycles. The first-order valence-electron chi connectivity index (χ1n) is 8.69. The molecule has 0 unspecified atom stereocenters. The van der Waals surface area contributed by atoms with Crippen LogP contribution in [0.3, 0.4) is 0 Å². The Morgan fingerprint density at radius 3 is 2.50 bits per heavy atom. The summed E-state index contributed by atoms with van der Waals surface area (Å²) in [5.41, 5.74) is 1.38. The van der Waals surface area contributed by atoms with Crippen LogP contribution in [-0.2, 0) is 4.43 Å². The molecule has 0 amide bonds. The molecule has 3 heteroatoms. The molecule has 0 aliphatic heterocycles. The van der Waals surface area contributed by atoms with E-state index >= 15 is 0 Å². The molecular formula is C19H36O2Si. The molecule has 128 valence electrons. The summed E-state index contributed by atoms with van der Waals surface area (Å²) in [6.07, 6.45) is 8.15. The summed E-state index contributed by atoms with van der Waals surface area (Å²) in [5, 5.41) is 10.5. The average Bonchev–Trinajstić information content (AvgIpc) is 2.39. The van der Waals surface area contributed by atoms with E-state index in [1.54, 1.807) is 0 Å². The lowest BCUT2D eigenvalue weighted by Crippen LogP contribution is -2.40. The Hall–Kier alpha value is -0.383. The van der Waals surface area contributed by atoms with Crippen LogP contribution < -0.4 is 0 Å². The first-order chi connectivity index (χ1) is 10.1. The van der Waals surface area contributed by atoms with Gasteiger partial charge in [0, 0.05) is 0 Å². The number of aliphatic hydroxyl groups is 1. The second-order valence-electron chi connectivity index (χ2n) is 8.31. The Bertz CT molecular complexity index is 393. The van der Waals surface area contributed by atoms with Gasteiger partial charge in [0.2, 0.25) is 0 Å². The van der Waals surface area contributed by atoms with Gasteiger partial charge in [0.1, 0.15) is 0 Å². The fraction of sp³-hybridized carbons (Fsp3) is 0.789. The van der Waals surface area contributed by atoms with Crippen molar-refractivity contribution in [1.82, 2.24) is 0 Å². The summed E-state index contributed by atoms with van der Waals surface area (Å²) in [6, 6.07) is 0. The molecule has 0 aromatic heterocycles. The molecule has 1 aliphatic carbocycles. The molecule has 0 radical (unpaired) electrons. The van der Waals surface area contributed by atoms with Crippen molar-refractivity contribution in [3.8, 4) is 0 Å². The zero-order valence-electron chi connectivity index (χ0n) is 15.5. The highest BCUT2D eigenvalue weighted by Gasteiger charge is 2.37. The molecule has 0 heterocycles. The summed E-state index contributed by atoms with van der Waals surface area (Å²) in [4.78, 5) is 0. The maximum Gasteiger partial charge on any atom is 0.192 e. The summed E-state index contributed by atoms with van der Waals surface area (Å²) in [6.45, 7) is 18.2. The molecule has 1 rings (SSSR count). The number of hydrogen-bond acceptors (Lipinski definition) is 2. The molecular weight excluding hydrogens is 288 g/mol. The number of allylic oxidation sites excluding steroid dienone is 2. The van der Waals surface area contributed by atoms with Crippen LogP contribution in [-0.4, -0.2) is 26.1 Å². The quantitative estimate of drug-likeness (QED) is 0.530. The van der Waals surface area contributed by atoms with E-state index < -0.39 is 8.32 Å². The molecule has 1 aliphatic rings. The fourth-order valence-corrected chi connectivity index (χ4v) is 4.00. The van der Waals surface area contributed by atoms with Crippen molar-refractivity contribution in [1.29, 1.82) is 0 Å². The lowest BCUT2D eigenvalue weighted by Gasteiger charge is -2.37. The third-order valence-electron chi connectivity index (χ3n) is 5.71. The first kappa shape index (κ1) is 19.7. The van der Waals surface area contributed by atoms with Crippen molar-refractivity contribution in [2.75, 3.05) is 6.61 Å². The highest BCUT2D eigenvalue weighted by molar-refractivity contribution is 6.74. The van der Waals surface area contributed by atoms with Gasteiger partial charge in [0.25, 0.3) is 0 Å². The zero-order chi connectivity index (χ0) is 17.0. The van der Waals surface area contributed by atoms with E-state index in [2.05, 4.69) is 53.4 Å². The second-order valence-corrected chi connectivity index (χ2v) is 13.1. The maximum atomic E-state index is 10.3. The Balaban J connectivity index is 2.69. The van der Waals surface area contributed by atoms with Gasteiger partial charge in [-0.3, -0.25) is 0 Å².